The molecule has 1 rings (SSSR count). The molecule has 0 heterocycles. The molecule has 5 heteroatoms. The molecule has 0 spiro atoms. The maximum Gasteiger partial charge on any atom is 0.325 e. The minimum atomic E-state index is -3.49. The molecule has 0 aliphatic carbocycles. The zero-order valence-electron chi connectivity index (χ0n) is 7.04. The van der Waals surface area contributed by atoms with E-state index in [4.69, 9.17) is 0 Å². The zero-order chi connectivity index (χ0) is 9.73. The number of rotatable bonds is 3. The highest BCUT2D eigenvalue weighted by Crippen LogP contribution is 1.95. The molecule has 1 aromatic carbocycles. The van der Waals surface area contributed by atoms with Crippen molar-refractivity contribution in [1.29, 1.82) is 0 Å². The zero-order valence-corrected chi connectivity index (χ0v) is 7.86. The molecular weight excluding hydrogens is 190 g/mol. The van der Waals surface area contributed by atoms with E-state index < -0.39 is 10.1 Å². The summed E-state index contributed by atoms with van der Waals surface area (Å²) in [5.74, 6) is 0. The van der Waals surface area contributed by atoms with Crippen molar-refractivity contribution in [1.82, 2.24) is 0 Å². The Balaban J connectivity index is 2.61. The molecular formula is C8H9NO3S. The first-order valence-electron chi connectivity index (χ1n) is 3.55. The summed E-state index contributed by atoms with van der Waals surface area (Å²) in [6.07, 6.45) is 2.27. The van der Waals surface area contributed by atoms with E-state index in [2.05, 4.69) is 9.44 Å². The highest BCUT2D eigenvalue weighted by molar-refractivity contribution is 7.85. The highest BCUT2D eigenvalue weighted by Gasteiger charge is 1.97. The van der Waals surface area contributed by atoms with Gasteiger partial charge >= 0.3 is 10.1 Å². The molecule has 0 bridgehead atoms. The molecule has 0 unspecified atom stereocenters. The SMILES string of the molecule is CS(=O)(=O)O/N=C/c1ccccc1. The summed E-state index contributed by atoms with van der Waals surface area (Å²) >= 11 is 0. The topological polar surface area (TPSA) is 55.7 Å². The summed E-state index contributed by atoms with van der Waals surface area (Å²) in [6, 6.07) is 9.07. The van der Waals surface area contributed by atoms with Crippen LogP contribution in [0.4, 0.5) is 0 Å². The van der Waals surface area contributed by atoms with Gasteiger partial charge in [-0.15, -0.1) is 0 Å². The third kappa shape index (κ3) is 4.27. The van der Waals surface area contributed by atoms with Crippen molar-refractivity contribution in [2.24, 2.45) is 5.16 Å². The highest BCUT2D eigenvalue weighted by atomic mass is 32.2. The van der Waals surface area contributed by atoms with E-state index in [0.717, 1.165) is 11.8 Å². The second kappa shape index (κ2) is 4.04. The molecule has 0 aromatic heterocycles. The largest absolute Gasteiger partial charge is 0.325 e. The molecule has 0 saturated carbocycles. The Morgan fingerprint density at radius 1 is 1.31 bits per heavy atom. The lowest BCUT2D eigenvalue weighted by Gasteiger charge is -1.92. The molecule has 13 heavy (non-hydrogen) atoms. The smallest absolute Gasteiger partial charge is 0.269 e. The average molecular weight is 199 g/mol. The Labute approximate surface area is 77.0 Å². The maximum atomic E-state index is 10.5. The molecule has 0 saturated heterocycles. The number of benzene rings is 1. The summed E-state index contributed by atoms with van der Waals surface area (Å²) in [7, 11) is -3.49. The van der Waals surface area contributed by atoms with Crippen LogP contribution in [0, 0.1) is 0 Å². The third-order valence-electron chi connectivity index (χ3n) is 1.18. The Hall–Kier alpha value is -1.36. The van der Waals surface area contributed by atoms with Crippen molar-refractivity contribution in [2.45, 2.75) is 0 Å². The van der Waals surface area contributed by atoms with Crippen LogP contribution in [-0.2, 0) is 14.4 Å². The monoisotopic (exact) mass is 199 g/mol. The Morgan fingerprint density at radius 2 is 1.92 bits per heavy atom. The van der Waals surface area contributed by atoms with Gasteiger partial charge < -0.3 is 0 Å². The maximum absolute atomic E-state index is 10.5. The number of oxime groups is 1. The van der Waals surface area contributed by atoms with Gasteiger partial charge in [0.1, 0.15) is 0 Å². The second-order valence-electron chi connectivity index (χ2n) is 2.42. The summed E-state index contributed by atoms with van der Waals surface area (Å²) in [4.78, 5) is 0. The molecule has 0 aliphatic heterocycles. The van der Waals surface area contributed by atoms with E-state index in [-0.39, 0.29) is 0 Å². The Kier molecular flexibility index (Phi) is 3.02. The van der Waals surface area contributed by atoms with Gasteiger partial charge in [-0.1, -0.05) is 35.5 Å². The van der Waals surface area contributed by atoms with Gasteiger partial charge in [0.2, 0.25) is 0 Å². The van der Waals surface area contributed by atoms with Crippen molar-refractivity contribution in [3.05, 3.63) is 35.9 Å². The number of hydrogen-bond donors (Lipinski definition) is 0. The number of hydrogen-bond acceptors (Lipinski definition) is 4. The standard InChI is InChI=1S/C8H9NO3S/c1-13(10,11)12-9-7-8-5-3-2-4-6-8/h2-7H,1H3/b9-7+. The van der Waals surface area contributed by atoms with E-state index in [9.17, 15) is 8.42 Å². The summed E-state index contributed by atoms with van der Waals surface area (Å²) in [5.41, 5.74) is 0.783. The van der Waals surface area contributed by atoms with Crippen molar-refractivity contribution < 1.29 is 12.7 Å². The lowest BCUT2D eigenvalue weighted by molar-refractivity contribution is 0.345. The summed E-state index contributed by atoms with van der Waals surface area (Å²) in [6.45, 7) is 0. The van der Waals surface area contributed by atoms with Crippen molar-refractivity contribution in [3.8, 4) is 0 Å². The molecule has 0 fully saturated rings. The molecule has 0 amide bonds. The van der Waals surface area contributed by atoms with Gasteiger partial charge in [0.25, 0.3) is 0 Å². The van der Waals surface area contributed by atoms with Gasteiger partial charge in [-0.3, -0.25) is 4.28 Å². The minimum absolute atomic E-state index is 0.783. The molecule has 4 nitrogen and oxygen atoms in total. The van der Waals surface area contributed by atoms with Crippen LogP contribution in [0.1, 0.15) is 5.56 Å². The van der Waals surface area contributed by atoms with Crippen molar-refractivity contribution in [2.75, 3.05) is 6.26 Å². The van der Waals surface area contributed by atoms with Crippen LogP contribution >= 0.6 is 0 Å². The van der Waals surface area contributed by atoms with E-state index in [1.165, 1.54) is 6.21 Å². The molecule has 0 atom stereocenters. The van der Waals surface area contributed by atoms with Gasteiger partial charge in [-0.25, -0.2) is 0 Å². The lowest BCUT2D eigenvalue weighted by atomic mass is 10.2. The Bertz CT molecular complexity index is 383. The molecule has 0 aliphatic rings. The van der Waals surface area contributed by atoms with Crippen molar-refractivity contribution >= 4 is 16.3 Å². The van der Waals surface area contributed by atoms with Crippen molar-refractivity contribution in [3.63, 3.8) is 0 Å². The fraction of sp³-hybridized carbons (Fsp3) is 0.125. The van der Waals surface area contributed by atoms with Gasteiger partial charge in [-0.2, -0.15) is 8.42 Å². The predicted octanol–water partition coefficient (Wildman–Crippen LogP) is 0.997. The van der Waals surface area contributed by atoms with Gasteiger partial charge in [0.05, 0.1) is 12.5 Å². The average Bonchev–Trinajstić information content (AvgIpc) is 2.04. The fourth-order valence-corrected chi connectivity index (χ4v) is 0.899. The van der Waals surface area contributed by atoms with Gasteiger partial charge in [-0.05, 0) is 5.56 Å². The van der Waals surface area contributed by atoms with E-state index >= 15 is 0 Å². The predicted molar refractivity (Wildman–Crippen MR) is 50.0 cm³/mol. The first kappa shape index (κ1) is 9.73. The first-order chi connectivity index (χ1) is 6.08. The quantitative estimate of drug-likeness (QED) is 0.539. The molecule has 70 valence electrons. The van der Waals surface area contributed by atoms with Crippen LogP contribution in [0.3, 0.4) is 0 Å². The van der Waals surface area contributed by atoms with Crippen LogP contribution in [-0.4, -0.2) is 20.9 Å². The van der Waals surface area contributed by atoms with E-state index in [0.29, 0.717) is 0 Å². The molecule has 0 N–H and O–H groups in total. The first-order valence-corrected chi connectivity index (χ1v) is 5.36. The van der Waals surface area contributed by atoms with Crippen LogP contribution in [0.25, 0.3) is 0 Å². The van der Waals surface area contributed by atoms with Crippen LogP contribution in [0.2, 0.25) is 0 Å². The van der Waals surface area contributed by atoms with Crippen LogP contribution < -0.4 is 0 Å². The number of nitrogens with zero attached hydrogens (tertiary/aromatic N) is 1. The second-order valence-corrected chi connectivity index (χ2v) is 3.98. The van der Waals surface area contributed by atoms with E-state index in [1.807, 2.05) is 18.2 Å². The normalized spacial score (nSPS) is 11.8. The van der Waals surface area contributed by atoms with Gasteiger partial charge in [0.15, 0.2) is 0 Å². The van der Waals surface area contributed by atoms with Crippen LogP contribution in [0.5, 0.6) is 0 Å². The molecule has 1 aromatic rings. The fourth-order valence-electron chi connectivity index (χ4n) is 0.700. The van der Waals surface area contributed by atoms with E-state index in [1.54, 1.807) is 12.1 Å². The van der Waals surface area contributed by atoms with Crippen LogP contribution in [0.15, 0.2) is 35.5 Å². The minimum Gasteiger partial charge on any atom is -0.269 e. The molecule has 0 radical (unpaired) electrons. The lowest BCUT2D eigenvalue weighted by Crippen LogP contribution is -1.96. The summed E-state index contributed by atoms with van der Waals surface area (Å²) < 4.78 is 25.1. The third-order valence-corrected chi connectivity index (χ3v) is 1.54. The summed E-state index contributed by atoms with van der Waals surface area (Å²) in [5, 5.41) is 3.30. The Morgan fingerprint density at radius 3 is 2.46 bits per heavy atom. The van der Waals surface area contributed by atoms with Gasteiger partial charge in [0, 0.05) is 0 Å².